The molecule has 2 N–H and O–H groups in total. The van der Waals surface area contributed by atoms with E-state index in [4.69, 9.17) is 4.18 Å². The monoisotopic (exact) mass is 324 g/mol. The fraction of sp³-hybridized carbons (Fsp3) is 0.400. The maximum Gasteiger partial charge on any atom is 0.390 e. The van der Waals surface area contributed by atoms with Gasteiger partial charge in [-0.3, -0.25) is 8.98 Å². The number of amides is 1. The van der Waals surface area contributed by atoms with E-state index in [1.807, 2.05) is 20.8 Å². The highest BCUT2D eigenvalue weighted by Crippen LogP contribution is 2.38. The van der Waals surface area contributed by atoms with Crippen molar-refractivity contribution in [1.29, 1.82) is 0 Å². The first kappa shape index (κ1) is 16.6. The second kappa shape index (κ2) is 5.14. The topological polar surface area (TPSA) is 92.7 Å². The van der Waals surface area contributed by atoms with E-state index in [2.05, 4.69) is 18.0 Å². The Bertz CT molecular complexity index is 733. The molecule has 0 aromatic heterocycles. The third-order valence-electron chi connectivity index (χ3n) is 3.15. The van der Waals surface area contributed by atoms with Crippen molar-refractivity contribution in [2.75, 3.05) is 11.9 Å². The summed E-state index contributed by atoms with van der Waals surface area (Å²) in [6, 6.07) is 3.91. The molecule has 7 heteroatoms. The SMILES string of the molecule is C=[C+]C1(O)C(=O)Nc2ccc(S(=O)(=O)OCC(C)(C)C)cc21. The fourth-order valence-electron chi connectivity index (χ4n) is 1.92. The Kier molecular flexibility index (Phi) is 3.87. The maximum absolute atomic E-state index is 12.2. The Balaban J connectivity index is 2.41. The van der Waals surface area contributed by atoms with Crippen LogP contribution >= 0.6 is 0 Å². The molecule has 6 nitrogen and oxygen atoms in total. The van der Waals surface area contributed by atoms with Crippen LogP contribution in [0.1, 0.15) is 26.3 Å². The van der Waals surface area contributed by atoms with Crippen LogP contribution in [-0.4, -0.2) is 26.0 Å². The molecule has 0 aliphatic carbocycles. The smallest absolute Gasteiger partial charge is 0.332 e. The number of hydrogen-bond acceptors (Lipinski definition) is 5. The van der Waals surface area contributed by atoms with Crippen LogP contribution in [0.25, 0.3) is 0 Å². The molecule has 1 aromatic carbocycles. The molecular formula is C15H18NO5S+. The molecule has 0 fully saturated rings. The molecule has 0 saturated carbocycles. The minimum Gasteiger partial charge on any atom is -0.332 e. The molecule has 1 aromatic rings. The van der Waals surface area contributed by atoms with Crippen molar-refractivity contribution in [3.63, 3.8) is 0 Å². The normalized spacial score (nSPS) is 21.2. The summed E-state index contributed by atoms with van der Waals surface area (Å²) in [6.07, 6.45) is 2.24. The summed E-state index contributed by atoms with van der Waals surface area (Å²) in [6.45, 7) is 8.86. The molecule has 1 aliphatic rings. The number of aliphatic hydroxyl groups is 1. The standard InChI is InChI=1S/C15H17NO5S/c1-5-15(18)11-8-10(6-7-12(11)16-13(15)17)22(19,20)21-9-14(2,3)4/h6-8,18H,1,9H2,2-4H3/p+1. The van der Waals surface area contributed by atoms with Crippen molar-refractivity contribution >= 4 is 21.7 Å². The molecule has 1 atom stereocenters. The zero-order valence-corrected chi connectivity index (χ0v) is 13.5. The van der Waals surface area contributed by atoms with Gasteiger partial charge in [-0.1, -0.05) is 20.8 Å². The Labute approximate surface area is 129 Å². The summed E-state index contributed by atoms with van der Waals surface area (Å²) in [4.78, 5) is 11.6. The van der Waals surface area contributed by atoms with Gasteiger partial charge in [0.2, 0.25) is 0 Å². The predicted molar refractivity (Wildman–Crippen MR) is 80.4 cm³/mol. The molecule has 1 aliphatic heterocycles. The summed E-state index contributed by atoms with van der Waals surface area (Å²) in [5, 5.41) is 12.7. The number of benzene rings is 1. The van der Waals surface area contributed by atoms with Crippen LogP contribution in [0.4, 0.5) is 5.69 Å². The van der Waals surface area contributed by atoms with E-state index in [0.29, 0.717) is 5.69 Å². The van der Waals surface area contributed by atoms with Crippen LogP contribution in [0.3, 0.4) is 0 Å². The highest BCUT2D eigenvalue weighted by Gasteiger charge is 2.54. The minimum absolute atomic E-state index is 0.0153. The summed E-state index contributed by atoms with van der Waals surface area (Å²) in [5.74, 6) is -0.720. The zero-order valence-electron chi connectivity index (χ0n) is 12.6. The minimum atomic E-state index is -3.99. The molecule has 0 saturated heterocycles. The van der Waals surface area contributed by atoms with Gasteiger partial charge in [0, 0.05) is 0 Å². The molecule has 22 heavy (non-hydrogen) atoms. The largest absolute Gasteiger partial charge is 0.390 e. The summed E-state index contributed by atoms with van der Waals surface area (Å²) >= 11 is 0. The number of hydrogen-bond donors (Lipinski definition) is 2. The molecule has 0 bridgehead atoms. The van der Waals surface area contributed by atoms with Gasteiger partial charge >= 0.3 is 11.5 Å². The fourth-order valence-corrected chi connectivity index (χ4v) is 3.06. The average Bonchev–Trinajstić information content (AvgIpc) is 2.68. The van der Waals surface area contributed by atoms with Gasteiger partial charge in [0.15, 0.2) is 0 Å². The molecule has 0 radical (unpaired) electrons. The van der Waals surface area contributed by atoms with Gasteiger partial charge in [-0.2, -0.15) is 8.42 Å². The third kappa shape index (κ3) is 2.89. The van der Waals surface area contributed by atoms with Gasteiger partial charge < -0.3 is 10.4 Å². The molecular weight excluding hydrogens is 306 g/mol. The van der Waals surface area contributed by atoms with Crippen LogP contribution in [-0.2, 0) is 24.7 Å². The Hall–Kier alpha value is -1.79. The van der Waals surface area contributed by atoms with Crippen LogP contribution in [0.5, 0.6) is 0 Å². The Morgan fingerprint density at radius 2 is 2.05 bits per heavy atom. The number of nitrogens with one attached hydrogen (secondary N) is 1. The first-order valence-corrected chi connectivity index (χ1v) is 8.02. The summed E-state index contributed by atoms with van der Waals surface area (Å²) in [7, 11) is -3.99. The molecule has 1 amide bonds. The third-order valence-corrected chi connectivity index (χ3v) is 4.41. The lowest BCUT2D eigenvalue weighted by atomic mass is 9.96. The van der Waals surface area contributed by atoms with Crippen molar-refractivity contribution in [3.8, 4) is 0 Å². The number of rotatable bonds is 4. The lowest BCUT2D eigenvalue weighted by Gasteiger charge is -2.17. The van der Waals surface area contributed by atoms with E-state index in [9.17, 15) is 18.3 Å². The van der Waals surface area contributed by atoms with E-state index in [1.54, 1.807) is 0 Å². The quantitative estimate of drug-likeness (QED) is 0.648. The zero-order chi connectivity index (χ0) is 16.8. The number of anilines is 1. The van der Waals surface area contributed by atoms with Crippen LogP contribution < -0.4 is 5.32 Å². The van der Waals surface area contributed by atoms with Gasteiger partial charge in [-0.05, 0) is 23.6 Å². The lowest BCUT2D eigenvalue weighted by Crippen LogP contribution is -2.32. The molecule has 2 rings (SSSR count). The van der Waals surface area contributed by atoms with Gasteiger partial charge in [0.25, 0.3) is 16.2 Å². The van der Waals surface area contributed by atoms with Crippen molar-refractivity contribution < 1.29 is 22.5 Å². The highest BCUT2D eigenvalue weighted by molar-refractivity contribution is 7.86. The second-order valence-corrected chi connectivity index (χ2v) is 7.94. The van der Waals surface area contributed by atoms with Gasteiger partial charge in [0.1, 0.15) is 6.58 Å². The van der Waals surface area contributed by atoms with Crippen LogP contribution in [0, 0.1) is 11.5 Å². The predicted octanol–water partition coefficient (Wildman–Crippen LogP) is 1.57. The van der Waals surface area contributed by atoms with Gasteiger partial charge in [0.05, 0.1) is 22.8 Å². The maximum atomic E-state index is 12.2. The van der Waals surface area contributed by atoms with Crippen molar-refractivity contribution in [2.45, 2.75) is 31.3 Å². The Morgan fingerprint density at radius 3 is 2.59 bits per heavy atom. The van der Waals surface area contributed by atoms with Crippen LogP contribution in [0.2, 0.25) is 0 Å². The van der Waals surface area contributed by atoms with Crippen molar-refractivity contribution in [2.24, 2.45) is 5.41 Å². The van der Waals surface area contributed by atoms with E-state index in [0.717, 1.165) is 0 Å². The number of carbonyl (C=O) groups excluding carboxylic acids is 1. The van der Waals surface area contributed by atoms with Crippen LogP contribution in [0.15, 0.2) is 29.7 Å². The molecule has 118 valence electrons. The molecule has 0 spiro atoms. The second-order valence-electron chi connectivity index (χ2n) is 6.33. The van der Waals surface area contributed by atoms with E-state index in [-0.39, 0.29) is 22.5 Å². The highest BCUT2D eigenvalue weighted by atomic mass is 32.2. The van der Waals surface area contributed by atoms with E-state index >= 15 is 0 Å². The van der Waals surface area contributed by atoms with E-state index < -0.39 is 21.6 Å². The van der Waals surface area contributed by atoms with E-state index in [1.165, 1.54) is 18.2 Å². The van der Waals surface area contributed by atoms with Crippen molar-refractivity contribution in [3.05, 3.63) is 36.4 Å². The number of fused-ring (bicyclic) bond motifs is 1. The summed E-state index contributed by atoms with van der Waals surface area (Å²) < 4.78 is 29.4. The first-order chi connectivity index (χ1) is 9.99. The van der Waals surface area contributed by atoms with Crippen molar-refractivity contribution in [1.82, 2.24) is 0 Å². The Morgan fingerprint density at radius 1 is 1.41 bits per heavy atom. The molecule has 1 heterocycles. The lowest BCUT2D eigenvalue weighted by molar-refractivity contribution is -0.129. The van der Waals surface area contributed by atoms with Gasteiger partial charge in [-0.15, -0.1) is 0 Å². The number of carbonyl (C=O) groups is 1. The molecule has 1 unspecified atom stereocenters. The van der Waals surface area contributed by atoms with Gasteiger partial charge in [-0.25, -0.2) is 0 Å². The average molecular weight is 324 g/mol. The summed E-state index contributed by atoms with van der Waals surface area (Å²) in [5.41, 5.74) is -1.98. The first-order valence-electron chi connectivity index (χ1n) is 6.62.